The number of hydrogen-bond donors (Lipinski definition) is 0. The normalized spacial score (nSPS) is 10.8. The Balaban J connectivity index is 1.52. The number of rotatable bonds is 4. The van der Waals surface area contributed by atoms with E-state index < -0.39 is 5.97 Å². The molecule has 0 fully saturated rings. The Hall–Kier alpha value is -3.54. The number of fused-ring (bicyclic) bond motifs is 1. The first-order valence-electron chi connectivity index (χ1n) is 8.12. The minimum Gasteiger partial charge on any atom is -0.452 e. The smallest absolute Gasteiger partial charge is 0.339 e. The van der Waals surface area contributed by atoms with E-state index in [1.165, 1.54) is 0 Å². The lowest BCUT2D eigenvalue weighted by atomic mass is 10.1. The second kappa shape index (κ2) is 6.76. The molecule has 4 rings (SSSR count). The number of aryl methyl sites for hydroxylation is 1. The van der Waals surface area contributed by atoms with Crippen molar-refractivity contribution in [1.82, 2.24) is 15.2 Å². The third kappa shape index (κ3) is 3.17. The molecule has 6 nitrogen and oxygen atoms in total. The number of nitrogens with zero attached hydrogens (tertiary/aromatic N) is 3. The predicted octanol–water partition coefficient (Wildman–Crippen LogP) is 3.95. The van der Waals surface area contributed by atoms with Gasteiger partial charge < -0.3 is 9.15 Å². The Bertz CT molecular complexity index is 1070. The highest BCUT2D eigenvalue weighted by Gasteiger charge is 2.15. The Morgan fingerprint density at radius 3 is 2.65 bits per heavy atom. The van der Waals surface area contributed by atoms with Crippen molar-refractivity contribution >= 4 is 16.9 Å². The zero-order chi connectivity index (χ0) is 17.9. The largest absolute Gasteiger partial charge is 0.452 e. The fourth-order valence-corrected chi connectivity index (χ4v) is 2.69. The molecule has 0 bridgehead atoms. The molecule has 0 unspecified atom stereocenters. The first-order chi connectivity index (χ1) is 12.7. The molecule has 4 aromatic rings. The Morgan fingerprint density at radius 1 is 1.04 bits per heavy atom. The standard InChI is InChI=1S/C20H15N3O3/c1-13-11-16(15-9-5-6-10-17(15)21-13)20(24)25-12-18-22-23-19(26-18)14-7-3-2-4-8-14/h2-11H,12H2,1H3. The average Bonchev–Trinajstić information content (AvgIpc) is 3.15. The molecule has 2 aromatic carbocycles. The maximum absolute atomic E-state index is 12.5. The van der Waals surface area contributed by atoms with Gasteiger partial charge in [-0.15, -0.1) is 10.2 Å². The molecule has 0 aliphatic carbocycles. The summed E-state index contributed by atoms with van der Waals surface area (Å²) in [6.45, 7) is 1.75. The van der Waals surface area contributed by atoms with Gasteiger partial charge in [-0.3, -0.25) is 4.98 Å². The lowest BCUT2D eigenvalue weighted by Gasteiger charge is -2.07. The molecule has 0 saturated heterocycles. The minimum absolute atomic E-state index is 0.0889. The maximum Gasteiger partial charge on any atom is 0.339 e. The number of benzene rings is 2. The highest BCUT2D eigenvalue weighted by molar-refractivity contribution is 6.03. The van der Waals surface area contributed by atoms with Gasteiger partial charge in [0.15, 0.2) is 6.61 Å². The van der Waals surface area contributed by atoms with Crippen molar-refractivity contribution in [1.29, 1.82) is 0 Å². The van der Waals surface area contributed by atoms with Crippen LogP contribution < -0.4 is 0 Å². The van der Waals surface area contributed by atoms with Crippen molar-refractivity contribution in [2.75, 3.05) is 0 Å². The summed E-state index contributed by atoms with van der Waals surface area (Å²) in [6.07, 6.45) is 0. The number of pyridine rings is 1. The zero-order valence-electron chi connectivity index (χ0n) is 14.0. The number of hydrogen-bond acceptors (Lipinski definition) is 6. The van der Waals surface area contributed by atoms with E-state index in [2.05, 4.69) is 15.2 Å². The Morgan fingerprint density at radius 2 is 1.81 bits per heavy atom. The van der Waals surface area contributed by atoms with E-state index in [0.29, 0.717) is 11.5 Å². The molecule has 0 spiro atoms. The van der Waals surface area contributed by atoms with Gasteiger partial charge in [-0.05, 0) is 31.2 Å². The molecular weight excluding hydrogens is 330 g/mol. The fraction of sp³-hybridized carbons (Fsp3) is 0.100. The Labute approximate surface area is 149 Å². The van der Waals surface area contributed by atoms with Crippen molar-refractivity contribution in [3.8, 4) is 11.5 Å². The maximum atomic E-state index is 12.5. The van der Waals surface area contributed by atoms with E-state index in [9.17, 15) is 4.79 Å². The first kappa shape index (κ1) is 16.0. The van der Waals surface area contributed by atoms with Crippen LogP contribution in [0, 0.1) is 6.92 Å². The van der Waals surface area contributed by atoms with Gasteiger partial charge in [-0.25, -0.2) is 4.79 Å². The summed E-state index contributed by atoms with van der Waals surface area (Å²) < 4.78 is 10.9. The van der Waals surface area contributed by atoms with Gasteiger partial charge in [0.05, 0.1) is 11.1 Å². The fourth-order valence-electron chi connectivity index (χ4n) is 2.69. The van der Waals surface area contributed by atoms with Crippen LogP contribution >= 0.6 is 0 Å². The molecule has 0 aliphatic rings. The van der Waals surface area contributed by atoms with E-state index >= 15 is 0 Å². The summed E-state index contributed by atoms with van der Waals surface area (Å²) in [5.41, 5.74) is 2.78. The summed E-state index contributed by atoms with van der Waals surface area (Å²) in [6, 6.07) is 18.6. The van der Waals surface area contributed by atoms with Crippen LogP contribution in [0.25, 0.3) is 22.4 Å². The molecular formula is C20H15N3O3. The molecule has 0 aliphatic heterocycles. The number of esters is 1. The van der Waals surface area contributed by atoms with E-state index in [0.717, 1.165) is 22.2 Å². The van der Waals surface area contributed by atoms with Crippen molar-refractivity contribution in [2.24, 2.45) is 0 Å². The van der Waals surface area contributed by atoms with Crippen LogP contribution in [0.5, 0.6) is 0 Å². The van der Waals surface area contributed by atoms with Gasteiger partial charge in [-0.2, -0.15) is 0 Å². The molecule has 2 heterocycles. The molecule has 6 heteroatoms. The molecule has 2 aromatic heterocycles. The summed E-state index contributed by atoms with van der Waals surface area (Å²) in [5, 5.41) is 8.66. The van der Waals surface area contributed by atoms with E-state index in [-0.39, 0.29) is 12.5 Å². The third-order valence-corrected chi connectivity index (χ3v) is 3.88. The lowest BCUT2D eigenvalue weighted by Crippen LogP contribution is -2.07. The van der Waals surface area contributed by atoms with E-state index in [1.807, 2.05) is 61.5 Å². The van der Waals surface area contributed by atoms with Gasteiger partial charge >= 0.3 is 5.97 Å². The second-order valence-electron chi connectivity index (χ2n) is 5.77. The summed E-state index contributed by atoms with van der Waals surface area (Å²) in [7, 11) is 0. The highest BCUT2D eigenvalue weighted by atomic mass is 16.5. The molecule has 0 saturated carbocycles. The van der Waals surface area contributed by atoms with Crippen molar-refractivity contribution in [2.45, 2.75) is 13.5 Å². The Kier molecular flexibility index (Phi) is 4.15. The van der Waals surface area contributed by atoms with Crippen molar-refractivity contribution < 1.29 is 13.9 Å². The van der Waals surface area contributed by atoms with Crippen LogP contribution in [0.4, 0.5) is 0 Å². The van der Waals surface area contributed by atoms with Gasteiger partial charge in [0.1, 0.15) is 0 Å². The SMILES string of the molecule is Cc1cc(C(=O)OCc2nnc(-c3ccccc3)o2)c2ccccc2n1. The molecule has 0 atom stereocenters. The topological polar surface area (TPSA) is 78.1 Å². The molecule has 0 radical (unpaired) electrons. The quantitative estimate of drug-likeness (QED) is 0.521. The van der Waals surface area contributed by atoms with Gasteiger partial charge in [0.2, 0.25) is 5.89 Å². The number of carbonyl (C=O) groups excluding carboxylic acids is 1. The van der Waals surface area contributed by atoms with Crippen LogP contribution in [0.2, 0.25) is 0 Å². The predicted molar refractivity (Wildman–Crippen MR) is 95.3 cm³/mol. The van der Waals surface area contributed by atoms with Crippen LogP contribution in [-0.4, -0.2) is 21.2 Å². The molecule has 26 heavy (non-hydrogen) atoms. The highest BCUT2D eigenvalue weighted by Crippen LogP contribution is 2.20. The number of aromatic nitrogens is 3. The van der Waals surface area contributed by atoms with Crippen LogP contribution in [0.1, 0.15) is 21.9 Å². The lowest BCUT2D eigenvalue weighted by molar-refractivity contribution is 0.0441. The summed E-state index contributed by atoms with van der Waals surface area (Å²) in [5.74, 6) is 0.181. The number of carbonyl (C=O) groups is 1. The molecule has 0 amide bonds. The van der Waals surface area contributed by atoms with E-state index in [4.69, 9.17) is 9.15 Å². The van der Waals surface area contributed by atoms with Gasteiger partial charge in [0.25, 0.3) is 5.89 Å². The molecule has 128 valence electrons. The van der Waals surface area contributed by atoms with Gasteiger partial charge in [-0.1, -0.05) is 36.4 Å². The van der Waals surface area contributed by atoms with Crippen molar-refractivity contribution in [3.05, 3.63) is 77.8 Å². The molecule has 0 N–H and O–H groups in total. The minimum atomic E-state index is -0.453. The zero-order valence-corrected chi connectivity index (χ0v) is 14.0. The monoisotopic (exact) mass is 345 g/mol. The summed E-state index contributed by atoms with van der Waals surface area (Å²) in [4.78, 5) is 16.9. The third-order valence-electron chi connectivity index (χ3n) is 3.88. The number of para-hydroxylation sites is 1. The van der Waals surface area contributed by atoms with Crippen LogP contribution in [0.3, 0.4) is 0 Å². The van der Waals surface area contributed by atoms with Gasteiger partial charge in [0, 0.05) is 16.6 Å². The van der Waals surface area contributed by atoms with E-state index in [1.54, 1.807) is 6.07 Å². The van der Waals surface area contributed by atoms with Crippen LogP contribution in [-0.2, 0) is 11.3 Å². The average molecular weight is 345 g/mol. The first-order valence-corrected chi connectivity index (χ1v) is 8.12. The van der Waals surface area contributed by atoms with Crippen LogP contribution in [0.15, 0.2) is 65.1 Å². The summed E-state index contributed by atoms with van der Waals surface area (Å²) >= 11 is 0. The second-order valence-corrected chi connectivity index (χ2v) is 5.77. The van der Waals surface area contributed by atoms with Crippen molar-refractivity contribution in [3.63, 3.8) is 0 Å². The number of ether oxygens (including phenoxy) is 1.